The van der Waals surface area contributed by atoms with E-state index in [1.807, 2.05) is 13.8 Å². The second-order valence-corrected chi connectivity index (χ2v) is 9.04. The average molecular weight is 385 g/mol. The van der Waals surface area contributed by atoms with Crippen molar-refractivity contribution < 1.29 is 28.3 Å². The van der Waals surface area contributed by atoms with Gasteiger partial charge in [-0.05, 0) is 32.3 Å². The lowest BCUT2D eigenvalue weighted by molar-refractivity contribution is -0.915. The van der Waals surface area contributed by atoms with Crippen molar-refractivity contribution in [2.45, 2.75) is 63.4 Å². The number of nitrogens with zero attached hydrogens (tertiary/aromatic N) is 1. The molecule has 2 bridgehead atoms. The Bertz CT molecular complexity index is 681. The first-order chi connectivity index (χ1) is 12.2. The number of carbonyl (C=O) groups is 2. The number of ether oxygens (including phenoxy) is 3. The Balaban J connectivity index is 1.67. The van der Waals surface area contributed by atoms with Crippen LogP contribution in [0.2, 0.25) is 0 Å². The van der Waals surface area contributed by atoms with E-state index in [0.29, 0.717) is 16.9 Å². The van der Waals surface area contributed by atoms with Crippen molar-refractivity contribution in [1.29, 1.82) is 0 Å². The van der Waals surface area contributed by atoms with Crippen LogP contribution in [-0.4, -0.2) is 65.5 Å². The Labute approximate surface area is 159 Å². The fourth-order valence-corrected chi connectivity index (χ4v) is 5.72. The Morgan fingerprint density at radius 3 is 2.85 bits per heavy atom. The number of rotatable bonds is 1. The Morgan fingerprint density at radius 1 is 1.35 bits per heavy atom. The second kappa shape index (κ2) is 5.94. The summed E-state index contributed by atoms with van der Waals surface area (Å²) >= 11 is 6.29. The van der Waals surface area contributed by atoms with Gasteiger partial charge in [-0.2, -0.15) is 0 Å². The maximum absolute atomic E-state index is 12.8. The van der Waals surface area contributed by atoms with Crippen LogP contribution in [-0.2, 0) is 23.8 Å². The van der Waals surface area contributed by atoms with Gasteiger partial charge in [0.1, 0.15) is 6.61 Å². The van der Waals surface area contributed by atoms with Crippen LogP contribution >= 0.6 is 11.6 Å². The molecule has 6 atom stereocenters. The number of carbonyl (C=O) groups excluding carboxylic acids is 2. The number of cyclic esters (lactones) is 1. The van der Waals surface area contributed by atoms with Gasteiger partial charge in [0.2, 0.25) is 0 Å². The minimum atomic E-state index is -1.04. The summed E-state index contributed by atoms with van der Waals surface area (Å²) < 4.78 is 18.4. The van der Waals surface area contributed by atoms with Crippen LogP contribution in [0.4, 0.5) is 0 Å². The highest BCUT2D eigenvalue weighted by molar-refractivity contribution is 6.17. The average Bonchev–Trinajstić information content (AvgIpc) is 3.16. The summed E-state index contributed by atoms with van der Waals surface area (Å²) in [5.74, 6) is -0.652. The molecule has 3 saturated heterocycles. The highest BCUT2D eigenvalue weighted by Gasteiger charge is 2.58. The number of alkyl halides is 1. The predicted octanol–water partition coefficient (Wildman–Crippen LogP) is 2.14. The van der Waals surface area contributed by atoms with Crippen molar-refractivity contribution in [3.8, 4) is 0 Å². The predicted molar refractivity (Wildman–Crippen MR) is 94.3 cm³/mol. The van der Waals surface area contributed by atoms with Gasteiger partial charge in [-0.25, -0.2) is 4.79 Å². The number of hydrogen-bond donors (Lipinski definition) is 0. The molecule has 0 aromatic carbocycles. The maximum Gasteiger partial charge on any atom is 0.338 e. The fourth-order valence-electron chi connectivity index (χ4n) is 5.36. The van der Waals surface area contributed by atoms with E-state index < -0.39 is 11.2 Å². The van der Waals surface area contributed by atoms with Crippen molar-refractivity contribution in [3.63, 3.8) is 0 Å². The molecule has 0 radical (unpaired) electrons. The molecule has 0 aromatic rings. The Hall–Kier alpha value is -1.11. The quantitative estimate of drug-likeness (QED) is 0.228. The van der Waals surface area contributed by atoms with E-state index in [0.717, 1.165) is 25.1 Å². The van der Waals surface area contributed by atoms with Crippen LogP contribution < -0.4 is 0 Å². The van der Waals surface area contributed by atoms with E-state index in [9.17, 15) is 9.59 Å². The molecule has 4 rings (SSSR count). The lowest BCUT2D eigenvalue weighted by Crippen LogP contribution is -2.52. The van der Waals surface area contributed by atoms with Gasteiger partial charge in [0.15, 0.2) is 23.8 Å². The molecule has 3 fully saturated rings. The zero-order valence-electron chi connectivity index (χ0n) is 15.6. The molecular formula is C19H27ClNO5+. The molecule has 0 aliphatic carbocycles. The van der Waals surface area contributed by atoms with Gasteiger partial charge in [-0.15, -0.1) is 0 Å². The number of halogens is 1. The standard InChI is InChI=1S/C19H27ClNO5/c1-12-8-18(2)9-15(22)25-14-5-7-21(11-20)6-4-13(16(14)21)10-24-17(23)19(12,3)26-18/h4,12,14,16H,5-11H2,1-3H3/q+1/t12-,14-,16-,18-,19+,21+/m1/s1. The summed E-state index contributed by atoms with van der Waals surface area (Å²) in [6, 6.07) is 0.447. The van der Waals surface area contributed by atoms with Crippen LogP contribution in [0.15, 0.2) is 11.6 Å². The van der Waals surface area contributed by atoms with Gasteiger partial charge in [0.25, 0.3) is 0 Å². The van der Waals surface area contributed by atoms with Crippen LogP contribution in [0.1, 0.15) is 40.0 Å². The van der Waals surface area contributed by atoms with E-state index >= 15 is 0 Å². The van der Waals surface area contributed by atoms with Crippen molar-refractivity contribution in [2.24, 2.45) is 5.92 Å². The molecule has 0 spiro atoms. The summed E-state index contributed by atoms with van der Waals surface area (Å²) in [5.41, 5.74) is -0.748. The van der Waals surface area contributed by atoms with Gasteiger partial charge in [-0.3, -0.25) is 9.28 Å². The summed E-state index contributed by atoms with van der Waals surface area (Å²) in [6.45, 7) is 7.47. The van der Waals surface area contributed by atoms with Gasteiger partial charge in [0.05, 0.1) is 25.1 Å². The van der Waals surface area contributed by atoms with E-state index in [1.54, 1.807) is 6.92 Å². The minimum absolute atomic E-state index is 0.0136. The third-order valence-electron chi connectivity index (χ3n) is 6.85. The lowest BCUT2D eigenvalue weighted by Gasteiger charge is -2.35. The minimum Gasteiger partial charge on any atom is -0.459 e. The first-order valence-corrected chi connectivity index (χ1v) is 9.92. The molecule has 7 heteroatoms. The van der Waals surface area contributed by atoms with E-state index in [-0.39, 0.29) is 43.0 Å². The third-order valence-corrected chi connectivity index (χ3v) is 7.33. The summed E-state index contributed by atoms with van der Waals surface area (Å²) in [4.78, 5) is 25.5. The van der Waals surface area contributed by atoms with Gasteiger partial charge in [0, 0.05) is 12.0 Å². The van der Waals surface area contributed by atoms with Crippen molar-refractivity contribution in [3.05, 3.63) is 11.6 Å². The Kier molecular flexibility index (Phi) is 4.18. The van der Waals surface area contributed by atoms with Crippen LogP contribution in [0.5, 0.6) is 0 Å². The molecule has 0 amide bonds. The number of quaternary nitrogens is 1. The maximum atomic E-state index is 12.8. The zero-order chi connectivity index (χ0) is 18.7. The monoisotopic (exact) mass is 384 g/mol. The molecule has 0 aromatic heterocycles. The largest absolute Gasteiger partial charge is 0.459 e. The molecule has 0 unspecified atom stereocenters. The van der Waals surface area contributed by atoms with Gasteiger partial charge < -0.3 is 14.2 Å². The molecule has 144 valence electrons. The smallest absolute Gasteiger partial charge is 0.338 e. The first-order valence-electron chi connectivity index (χ1n) is 9.39. The molecule has 0 saturated carbocycles. The highest BCUT2D eigenvalue weighted by Crippen LogP contribution is 2.46. The topological polar surface area (TPSA) is 61.8 Å². The van der Waals surface area contributed by atoms with Crippen molar-refractivity contribution in [2.75, 3.05) is 25.7 Å². The Morgan fingerprint density at radius 2 is 2.12 bits per heavy atom. The van der Waals surface area contributed by atoms with E-state index in [2.05, 4.69) is 6.08 Å². The lowest BCUT2D eigenvalue weighted by atomic mass is 9.86. The zero-order valence-corrected chi connectivity index (χ0v) is 16.4. The first kappa shape index (κ1) is 18.3. The SMILES string of the molecule is C[C@@H]1C[C@]2(C)CC(=O)O[C@@H]3CC[N@+]4(CCl)CC=C(COC(=O)[C@@]1(C)O2)[C@H]34. The third kappa shape index (κ3) is 2.60. The molecule has 4 aliphatic heterocycles. The molecule has 4 aliphatic rings. The molecule has 4 heterocycles. The van der Waals surface area contributed by atoms with Crippen molar-refractivity contribution in [1.82, 2.24) is 0 Å². The van der Waals surface area contributed by atoms with Crippen LogP contribution in [0.3, 0.4) is 0 Å². The summed E-state index contributed by atoms with van der Waals surface area (Å²) in [7, 11) is 0. The normalized spacial score (nSPS) is 48.2. The number of esters is 2. The number of hydrogen-bond acceptors (Lipinski definition) is 5. The number of fused-ring (bicyclic) bond motifs is 2. The molecular weight excluding hydrogens is 358 g/mol. The van der Waals surface area contributed by atoms with Gasteiger partial charge >= 0.3 is 11.9 Å². The molecule has 26 heavy (non-hydrogen) atoms. The van der Waals surface area contributed by atoms with Crippen LogP contribution in [0.25, 0.3) is 0 Å². The summed E-state index contributed by atoms with van der Waals surface area (Å²) in [6.07, 6.45) is 3.41. The fraction of sp³-hybridized carbons (Fsp3) is 0.789. The van der Waals surface area contributed by atoms with Crippen molar-refractivity contribution >= 4 is 23.5 Å². The highest BCUT2D eigenvalue weighted by atomic mass is 35.5. The van der Waals surface area contributed by atoms with E-state index in [1.165, 1.54) is 0 Å². The van der Waals surface area contributed by atoms with Gasteiger partial charge in [-0.1, -0.05) is 18.5 Å². The molecule has 0 N–H and O–H groups in total. The van der Waals surface area contributed by atoms with Crippen LogP contribution in [0, 0.1) is 5.92 Å². The molecule has 6 nitrogen and oxygen atoms in total. The second-order valence-electron chi connectivity index (χ2n) is 8.80. The summed E-state index contributed by atoms with van der Waals surface area (Å²) in [5, 5.41) is 0. The van der Waals surface area contributed by atoms with E-state index in [4.69, 9.17) is 25.8 Å².